The predicted octanol–water partition coefficient (Wildman–Crippen LogP) is 1.98. The van der Waals surface area contributed by atoms with Crippen molar-refractivity contribution in [2.45, 2.75) is 113 Å². The normalized spacial score (nSPS) is 18.8. The third-order valence-electron chi connectivity index (χ3n) is 9.70. The van der Waals surface area contributed by atoms with Crippen LogP contribution in [0, 0.1) is 5.92 Å². The molecular weight excluding hydrogens is 724 g/mol. The van der Waals surface area contributed by atoms with Crippen molar-refractivity contribution in [2.75, 3.05) is 20.2 Å². The zero-order valence-corrected chi connectivity index (χ0v) is 31.5. The van der Waals surface area contributed by atoms with Gasteiger partial charge in [0, 0.05) is 19.5 Å². The number of primary amides is 1. The van der Waals surface area contributed by atoms with Gasteiger partial charge in [-0.1, -0.05) is 49.5 Å². The minimum absolute atomic E-state index is 0.00194. The molecule has 4 atom stereocenters. The predicted molar refractivity (Wildman–Crippen MR) is 193 cm³/mol. The van der Waals surface area contributed by atoms with Gasteiger partial charge in [0.05, 0.1) is 53.6 Å². The number of ketones is 1. The van der Waals surface area contributed by atoms with E-state index in [0.29, 0.717) is 23.4 Å². The summed E-state index contributed by atoms with van der Waals surface area (Å²) in [4.78, 5) is 85.0. The Balaban J connectivity index is 1.66. The highest BCUT2D eigenvalue weighted by Crippen LogP contribution is 2.34. The molecule has 18 nitrogen and oxygen atoms in total. The molecule has 2 aliphatic rings. The molecule has 5 amide bonds. The van der Waals surface area contributed by atoms with Crippen molar-refractivity contribution in [2.24, 2.45) is 11.7 Å². The number of aliphatic hydroxyl groups is 1. The third-order valence-corrected chi connectivity index (χ3v) is 10.4. The molecule has 4 rings (SSSR count). The summed E-state index contributed by atoms with van der Waals surface area (Å²) < 4.78 is 6.47. The maximum absolute atomic E-state index is 14.8. The van der Waals surface area contributed by atoms with Gasteiger partial charge in [-0.05, 0) is 57.6 Å². The highest BCUT2D eigenvalue weighted by Gasteiger charge is 2.45. The van der Waals surface area contributed by atoms with Crippen LogP contribution in [0.1, 0.15) is 100 Å². The zero-order valence-electron chi connectivity index (χ0n) is 30.7. The van der Waals surface area contributed by atoms with Crippen molar-refractivity contribution in [3.63, 3.8) is 0 Å². The van der Waals surface area contributed by atoms with Crippen LogP contribution in [0.4, 0.5) is 4.79 Å². The van der Waals surface area contributed by atoms with Crippen LogP contribution in [-0.4, -0.2) is 104 Å². The lowest BCUT2D eigenvalue weighted by molar-refractivity contribution is -0.160. The number of aromatic nitrogens is 3. The van der Waals surface area contributed by atoms with Gasteiger partial charge in [-0.3, -0.25) is 24.0 Å². The highest BCUT2D eigenvalue weighted by molar-refractivity contribution is 7.94. The molecule has 0 spiro atoms. The second kappa shape index (κ2) is 19.7. The first-order chi connectivity index (χ1) is 25.7. The summed E-state index contributed by atoms with van der Waals surface area (Å²) in [7, 11) is 1.33. The van der Waals surface area contributed by atoms with Crippen molar-refractivity contribution in [1.29, 1.82) is 0 Å². The van der Waals surface area contributed by atoms with Gasteiger partial charge in [0.15, 0.2) is 0 Å². The fourth-order valence-corrected chi connectivity index (χ4v) is 7.55. The van der Waals surface area contributed by atoms with Gasteiger partial charge in [0.2, 0.25) is 17.6 Å². The summed E-state index contributed by atoms with van der Waals surface area (Å²) in [6.45, 7) is 3.15. The molecule has 1 aromatic carbocycles. The summed E-state index contributed by atoms with van der Waals surface area (Å²) in [5.41, 5.74) is 4.54. The van der Waals surface area contributed by atoms with Gasteiger partial charge in [0.25, 0.3) is 11.8 Å². The van der Waals surface area contributed by atoms with Crippen LogP contribution in [0.25, 0.3) is 0 Å². The average Bonchev–Trinajstić information content (AvgIpc) is 3.81. The summed E-state index contributed by atoms with van der Waals surface area (Å²) in [6.07, 6.45) is 5.84. The first kappa shape index (κ1) is 42.2. The molecule has 1 aliphatic heterocycles. The molecule has 54 heavy (non-hydrogen) atoms. The Hall–Kier alpha value is -4.59. The van der Waals surface area contributed by atoms with Crippen molar-refractivity contribution in [1.82, 2.24) is 35.8 Å². The number of carbonyl (C=O) groups excluding carboxylic acids is 5. The fourth-order valence-electron chi connectivity index (χ4n) is 7.02. The molecule has 2 heterocycles. The van der Waals surface area contributed by atoms with E-state index in [2.05, 4.69) is 26.3 Å². The third kappa shape index (κ3) is 11.5. The van der Waals surface area contributed by atoms with Crippen LogP contribution in [0.3, 0.4) is 0 Å². The maximum atomic E-state index is 14.8. The van der Waals surface area contributed by atoms with E-state index in [9.17, 15) is 33.9 Å². The first-order valence-electron chi connectivity index (χ1n) is 18.0. The van der Waals surface area contributed by atoms with Crippen LogP contribution in [0.5, 0.6) is 0 Å². The number of rotatable bonds is 19. The number of unbranched alkanes of at least 4 members (excludes halogenated alkanes) is 1. The second-order valence-electron chi connectivity index (χ2n) is 14.1. The summed E-state index contributed by atoms with van der Waals surface area (Å²) in [5, 5.41) is 35.6. The Morgan fingerprint density at radius 3 is 2.44 bits per heavy atom. The zero-order chi connectivity index (χ0) is 39.4. The van der Waals surface area contributed by atoms with E-state index in [1.165, 1.54) is 22.9 Å². The molecule has 7 N–H and O–H groups in total. The molecule has 0 radical (unpaired) electrons. The number of nitrogens with zero attached hydrogens (tertiary/aromatic N) is 4. The van der Waals surface area contributed by atoms with Gasteiger partial charge in [-0.2, -0.15) is 4.33 Å². The lowest BCUT2D eigenvalue weighted by Gasteiger charge is -2.32. The van der Waals surface area contributed by atoms with Crippen LogP contribution in [-0.2, 0) is 34.0 Å². The molecule has 1 aromatic heterocycles. The van der Waals surface area contributed by atoms with Gasteiger partial charge < -0.3 is 36.8 Å². The number of carbonyl (C=O) groups is 6. The number of nitrogens with one attached hydrogen (secondary N) is 3. The lowest BCUT2D eigenvalue weighted by Crippen LogP contribution is -2.56. The minimum atomic E-state index is -1.37. The molecule has 0 bridgehead atoms. The van der Waals surface area contributed by atoms with Gasteiger partial charge in [-0.25, -0.2) is 14.4 Å². The van der Waals surface area contributed by atoms with Crippen molar-refractivity contribution in [3.8, 4) is 0 Å². The van der Waals surface area contributed by atoms with Gasteiger partial charge in [-0.15, -0.1) is 5.10 Å². The van der Waals surface area contributed by atoms with E-state index in [1.54, 1.807) is 38.1 Å². The molecule has 19 heteroatoms. The number of nitrogens with two attached hydrogens (primary N) is 1. The summed E-state index contributed by atoms with van der Waals surface area (Å²) in [5.74, 6) is -3.97. The highest BCUT2D eigenvalue weighted by atomic mass is 32.2. The average molecular weight is 775 g/mol. The SMILES string of the molecule is COOSc1ccccc1C(=O)N[C@H](CC1CCCCC1)C(=O)N1C[C@@H](n2nncc2C(C)(C)O)C[C@H]1C(=O)NC(CCCCNC(=O)O)C(=O)C(N)=O. The molecule has 1 saturated heterocycles. The summed E-state index contributed by atoms with van der Waals surface area (Å²) in [6, 6.07) is 2.45. The monoisotopic (exact) mass is 774 g/mol. The lowest BCUT2D eigenvalue weighted by atomic mass is 9.84. The first-order valence-corrected chi connectivity index (χ1v) is 18.8. The van der Waals surface area contributed by atoms with Gasteiger partial charge in [0.1, 0.15) is 17.7 Å². The van der Waals surface area contributed by atoms with Crippen LogP contribution < -0.4 is 21.7 Å². The largest absolute Gasteiger partial charge is 0.465 e. The second-order valence-corrected chi connectivity index (χ2v) is 14.9. The van der Waals surface area contributed by atoms with Gasteiger partial charge >= 0.3 is 6.09 Å². The number of Topliss-reactive ketones (excluding diaryl/α,β-unsaturated/α-hetero) is 1. The number of hydrogen-bond donors (Lipinski definition) is 6. The molecule has 1 unspecified atom stereocenters. The Labute approximate surface area is 317 Å². The van der Waals surface area contributed by atoms with E-state index in [0.717, 1.165) is 44.1 Å². The molecule has 2 aromatic rings. The van der Waals surface area contributed by atoms with Crippen LogP contribution >= 0.6 is 12.0 Å². The summed E-state index contributed by atoms with van der Waals surface area (Å²) >= 11 is 0.840. The Bertz CT molecular complexity index is 1640. The Kier molecular flexibility index (Phi) is 15.3. The minimum Gasteiger partial charge on any atom is -0.465 e. The van der Waals surface area contributed by atoms with E-state index in [4.69, 9.17) is 20.1 Å². The van der Waals surface area contributed by atoms with E-state index >= 15 is 0 Å². The fraction of sp³-hybridized carbons (Fsp3) is 0.600. The molecule has 296 valence electrons. The van der Waals surface area contributed by atoms with Crippen molar-refractivity contribution < 1.29 is 48.2 Å². The number of benzene rings is 1. The Morgan fingerprint density at radius 1 is 1.06 bits per heavy atom. The maximum Gasteiger partial charge on any atom is 0.404 e. The number of carboxylic acid groups (broad SMARTS) is 1. The van der Waals surface area contributed by atoms with E-state index in [-0.39, 0.29) is 43.8 Å². The molecular formula is C35H50N8O10S. The molecule has 1 aliphatic carbocycles. The van der Waals surface area contributed by atoms with Crippen molar-refractivity contribution >= 4 is 47.5 Å². The van der Waals surface area contributed by atoms with E-state index in [1.807, 2.05) is 0 Å². The number of hydrogen-bond acceptors (Lipinski definition) is 12. The van der Waals surface area contributed by atoms with Crippen LogP contribution in [0.15, 0.2) is 35.4 Å². The smallest absolute Gasteiger partial charge is 0.404 e. The standard InChI is InChI=1S/C35H50N8O10S/c1-35(2,51)28-19-38-41-43(28)22-18-26(32(47)39-24(29(44)30(36)45)14-9-10-16-37-34(49)50)42(20-22)33(48)25(17-21-11-5-4-6-12-21)40-31(46)23-13-7-8-15-27(23)54-53-52-3/h7-8,13,15,19,21-22,24-26,37,51H,4-6,9-12,14,16-18,20H2,1-3H3,(H2,36,45)(H,39,47)(H,40,46)(H,49,50)/t22-,24?,25+,26-/m0/s1. The number of amides is 5. The quantitative estimate of drug-likeness (QED) is 0.0393. The van der Waals surface area contributed by atoms with Crippen molar-refractivity contribution in [3.05, 3.63) is 41.7 Å². The van der Waals surface area contributed by atoms with Crippen LogP contribution in [0.2, 0.25) is 0 Å². The van der Waals surface area contributed by atoms with E-state index < -0.39 is 65.3 Å². The topological polar surface area (TPSA) is 257 Å². The molecule has 2 fully saturated rings. The molecule has 1 saturated carbocycles. The number of likely N-dealkylation sites (tertiary alicyclic amines) is 1. The Morgan fingerprint density at radius 2 is 1.78 bits per heavy atom.